The lowest BCUT2D eigenvalue weighted by Gasteiger charge is -2.11. The van der Waals surface area contributed by atoms with E-state index in [2.05, 4.69) is 15.8 Å². The van der Waals surface area contributed by atoms with Gasteiger partial charge in [-0.15, -0.1) is 11.8 Å². The van der Waals surface area contributed by atoms with Crippen molar-refractivity contribution in [1.82, 2.24) is 5.16 Å². The van der Waals surface area contributed by atoms with E-state index in [0.29, 0.717) is 5.76 Å². The van der Waals surface area contributed by atoms with E-state index in [0.717, 1.165) is 23.9 Å². The molecule has 0 aliphatic heterocycles. The first-order chi connectivity index (χ1) is 13.1. The molecule has 28 heavy (non-hydrogen) atoms. The van der Waals surface area contributed by atoms with E-state index >= 15 is 0 Å². The van der Waals surface area contributed by atoms with Gasteiger partial charge < -0.3 is 15.2 Å². The third kappa shape index (κ3) is 6.37. The Morgan fingerprint density at radius 2 is 1.89 bits per heavy atom. The van der Waals surface area contributed by atoms with Crippen LogP contribution in [0.5, 0.6) is 0 Å². The van der Waals surface area contributed by atoms with Crippen molar-refractivity contribution >= 4 is 45.9 Å². The second kappa shape index (κ2) is 9.24. The highest BCUT2D eigenvalue weighted by atomic mass is 32.2. The number of anilines is 2. The zero-order valence-corrected chi connectivity index (χ0v) is 16.3. The summed E-state index contributed by atoms with van der Waals surface area (Å²) in [5, 5.41) is 8.12. The van der Waals surface area contributed by atoms with Gasteiger partial charge in [-0.2, -0.15) is 13.2 Å². The number of hydrogen-bond acceptors (Lipinski definition) is 6. The standard InChI is InChI=1S/C16H16F3N3O4S2/c1-9-7-13(22-26-9)21-15(24)10(2)27-8-14(23)20-11-3-5-12(6-4-11)28(25)16(17,18)19/h3-7,10H,8H2,1-2H3,(H,20,23)(H,21,22,24). The Labute approximate surface area is 164 Å². The Balaban J connectivity index is 1.81. The van der Waals surface area contributed by atoms with Gasteiger partial charge in [-0.1, -0.05) is 5.16 Å². The Kier molecular flexibility index (Phi) is 7.24. The predicted molar refractivity (Wildman–Crippen MR) is 99.3 cm³/mol. The fourth-order valence-electron chi connectivity index (χ4n) is 1.92. The average Bonchev–Trinajstić information content (AvgIpc) is 3.03. The molecule has 2 amide bonds. The number of nitrogens with one attached hydrogen (secondary N) is 2. The van der Waals surface area contributed by atoms with Crippen LogP contribution < -0.4 is 10.6 Å². The van der Waals surface area contributed by atoms with Gasteiger partial charge in [0.1, 0.15) is 5.76 Å². The first kappa shape index (κ1) is 22.0. The minimum Gasteiger partial charge on any atom is -0.360 e. The third-order valence-corrected chi connectivity index (χ3v) is 5.54. The van der Waals surface area contributed by atoms with E-state index < -0.39 is 32.4 Å². The van der Waals surface area contributed by atoms with Crippen LogP contribution in [-0.4, -0.2) is 37.7 Å². The molecule has 0 saturated carbocycles. The Morgan fingerprint density at radius 1 is 1.25 bits per heavy atom. The quantitative estimate of drug-likeness (QED) is 0.692. The number of benzene rings is 1. The maximum atomic E-state index is 12.4. The van der Waals surface area contributed by atoms with Gasteiger partial charge in [0.05, 0.1) is 11.0 Å². The van der Waals surface area contributed by atoms with Crippen molar-refractivity contribution in [3.05, 3.63) is 36.1 Å². The van der Waals surface area contributed by atoms with Gasteiger partial charge in [-0.3, -0.25) is 9.59 Å². The smallest absolute Gasteiger partial charge is 0.360 e. The summed E-state index contributed by atoms with van der Waals surface area (Å²) in [6, 6.07) is 6.07. The molecule has 0 spiro atoms. The van der Waals surface area contributed by atoms with Gasteiger partial charge in [0, 0.05) is 16.6 Å². The Bertz CT molecular complexity index is 869. The molecule has 12 heteroatoms. The molecule has 0 aliphatic carbocycles. The lowest BCUT2D eigenvalue weighted by molar-refractivity contribution is -0.115. The van der Waals surface area contributed by atoms with Crippen molar-refractivity contribution in [2.24, 2.45) is 0 Å². The maximum absolute atomic E-state index is 12.4. The van der Waals surface area contributed by atoms with Gasteiger partial charge in [-0.05, 0) is 38.1 Å². The number of halogens is 3. The molecule has 1 aromatic heterocycles. The number of carbonyl (C=O) groups excluding carboxylic acids is 2. The van der Waals surface area contributed by atoms with Crippen LogP contribution in [0.3, 0.4) is 0 Å². The lowest BCUT2D eigenvalue weighted by Crippen LogP contribution is -2.25. The largest absolute Gasteiger partial charge is 0.475 e. The van der Waals surface area contributed by atoms with E-state index in [9.17, 15) is 27.0 Å². The molecule has 152 valence electrons. The number of nitrogens with zero attached hydrogens (tertiary/aromatic N) is 1. The van der Waals surface area contributed by atoms with Crippen LogP contribution in [0.2, 0.25) is 0 Å². The van der Waals surface area contributed by atoms with Crippen molar-refractivity contribution < 1.29 is 31.5 Å². The molecule has 1 heterocycles. The minimum absolute atomic E-state index is 0.0529. The Morgan fingerprint density at radius 3 is 2.43 bits per heavy atom. The molecule has 2 unspecified atom stereocenters. The minimum atomic E-state index is -4.84. The van der Waals surface area contributed by atoms with E-state index in [4.69, 9.17) is 4.52 Å². The van der Waals surface area contributed by atoms with Crippen LogP contribution in [0.25, 0.3) is 0 Å². The molecule has 0 saturated heterocycles. The van der Waals surface area contributed by atoms with Gasteiger partial charge in [0.25, 0.3) is 0 Å². The van der Waals surface area contributed by atoms with Gasteiger partial charge in [0.2, 0.25) is 11.8 Å². The second-order valence-corrected chi connectivity index (χ2v) is 8.35. The lowest BCUT2D eigenvalue weighted by atomic mass is 10.3. The summed E-state index contributed by atoms with van der Waals surface area (Å²) in [4.78, 5) is 23.5. The number of alkyl halides is 3. The van der Waals surface area contributed by atoms with Crippen LogP contribution in [0.15, 0.2) is 39.8 Å². The van der Waals surface area contributed by atoms with Crippen molar-refractivity contribution in [3.8, 4) is 0 Å². The highest BCUT2D eigenvalue weighted by molar-refractivity contribution is 8.01. The molecule has 2 atom stereocenters. The highest BCUT2D eigenvalue weighted by Crippen LogP contribution is 2.27. The second-order valence-electron chi connectivity index (χ2n) is 5.55. The van der Waals surface area contributed by atoms with E-state index in [1.807, 2.05) is 0 Å². The molecule has 2 rings (SSSR count). The van der Waals surface area contributed by atoms with Crippen LogP contribution in [0, 0.1) is 6.92 Å². The van der Waals surface area contributed by atoms with Gasteiger partial charge in [-0.25, -0.2) is 4.21 Å². The molecule has 1 aromatic carbocycles. The third-order valence-electron chi connectivity index (χ3n) is 3.28. The topological polar surface area (TPSA) is 101 Å². The summed E-state index contributed by atoms with van der Waals surface area (Å²) in [5.41, 5.74) is -4.59. The first-order valence-electron chi connectivity index (χ1n) is 7.80. The van der Waals surface area contributed by atoms with Crippen LogP contribution >= 0.6 is 11.8 Å². The molecular formula is C16H16F3N3O4S2. The molecule has 0 fully saturated rings. The van der Waals surface area contributed by atoms with Gasteiger partial charge in [0.15, 0.2) is 16.6 Å². The summed E-state index contributed by atoms with van der Waals surface area (Å²) < 4.78 is 53.3. The molecule has 2 aromatic rings. The fraction of sp³-hybridized carbons (Fsp3) is 0.312. The summed E-state index contributed by atoms with van der Waals surface area (Å²) in [5.74, 6) is -0.0321. The normalized spacial score (nSPS) is 13.6. The SMILES string of the molecule is Cc1cc(NC(=O)C(C)SCC(=O)Nc2ccc(S(=O)C(F)(F)F)cc2)no1. The molecule has 0 bridgehead atoms. The molecule has 7 nitrogen and oxygen atoms in total. The number of thioether (sulfide) groups is 1. The number of amides is 2. The highest BCUT2D eigenvalue weighted by Gasteiger charge is 2.37. The molecular weight excluding hydrogens is 419 g/mol. The monoisotopic (exact) mass is 435 g/mol. The zero-order valence-electron chi connectivity index (χ0n) is 14.7. The average molecular weight is 435 g/mol. The van der Waals surface area contributed by atoms with Crippen molar-refractivity contribution in [3.63, 3.8) is 0 Å². The summed E-state index contributed by atoms with van der Waals surface area (Å²) >= 11 is 1.07. The number of rotatable bonds is 7. The van der Waals surface area contributed by atoms with Crippen molar-refractivity contribution in [2.75, 3.05) is 16.4 Å². The fourth-order valence-corrected chi connectivity index (χ4v) is 3.26. The first-order valence-corrected chi connectivity index (χ1v) is 10.0. The van der Waals surface area contributed by atoms with Crippen molar-refractivity contribution in [2.45, 2.75) is 29.5 Å². The molecule has 2 N–H and O–H groups in total. The summed E-state index contributed by atoms with van der Waals surface area (Å²) in [7, 11) is -3.13. The van der Waals surface area contributed by atoms with E-state index in [1.54, 1.807) is 19.9 Å². The number of aryl methyl sites for hydroxylation is 1. The van der Waals surface area contributed by atoms with Crippen LogP contribution in [0.1, 0.15) is 12.7 Å². The van der Waals surface area contributed by atoms with E-state index in [1.165, 1.54) is 12.1 Å². The molecule has 0 aliphatic rings. The Hall–Kier alpha value is -2.34. The van der Waals surface area contributed by atoms with Crippen LogP contribution in [-0.2, 0) is 20.4 Å². The van der Waals surface area contributed by atoms with Crippen molar-refractivity contribution in [1.29, 1.82) is 0 Å². The number of carbonyl (C=O) groups is 2. The van der Waals surface area contributed by atoms with Gasteiger partial charge >= 0.3 is 5.51 Å². The zero-order chi connectivity index (χ0) is 20.9. The number of hydrogen-bond donors (Lipinski definition) is 2. The molecule has 0 radical (unpaired) electrons. The summed E-state index contributed by atoms with van der Waals surface area (Å²) in [6.07, 6.45) is 0. The maximum Gasteiger partial charge on any atom is 0.475 e. The predicted octanol–water partition coefficient (Wildman–Crippen LogP) is 3.31. The number of aromatic nitrogens is 1. The summed E-state index contributed by atoms with van der Waals surface area (Å²) in [6.45, 7) is 3.29. The van der Waals surface area contributed by atoms with Crippen LogP contribution in [0.4, 0.5) is 24.7 Å². The van der Waals surface area contributed by atoms with E-state index in [-0.39, 0.29) is 23.2 Å².